The Morgan fingerprint density at radius 3 is 2.40 bits per heavy atom. The van der Waals surface area contributed by atoms with Crippen molar-refractivity contribution in [3.05, 3.63) is 5.92 Å². The normalized spacial score (nSPS) is 21.9. The molecule has 1 aliphatic rings. The topological polar surface area (TPSA) is 3.24 Å². The van der Waals surface area contributed by atoms with Crippen molar-refractivity contribution in [2.75, 3.05) is 31.1 Å². The second kappa shape index (κ2) is 4.24. The van der Waals surface area contributed by atoms with Crippen molar-refractivity contribution >= 4 is 11.8 Å². The van der Waals surface area contributed by atoms with E-state index in [9.17, 15) is 0 Å². The van der Waals surface area contributed by atoms with Gasteiger partial charge in [0.15, 0.2) is 0 Å². The highest BCUT2D eigenvalue weighted by atomic mass is 32.2. The molecule has 1 radical (unpaired) electrons. The molecule has 1 saturated heterocycles. The van der Waals surface area contributed by atoms with Gasteiger partial charge in [0.2, 0.25) is 0 Å². The third-order valence-corrected chi connectivity index (χ3v) is 2.59. The Labute approximate surface area is 68.2 Å². The predicted molar refractivity (Wildman–Crippen MR) is 48.4 cm³/mol. The zero-order chi connectivity index (χ0) is 7.40. The minimum Gasteiger partial charge on any atom is -0.301 e. The molecule has 1 fully saturated rings. The van der Waals surface area contributed by atoms with Gasteiger partial charge in [-0.3, -0.25) is 0 Å². The van der Waals surface area contributed by atoms with Gasteiger partial charge in [-0.25, -0.2) is 0 Å². The summed E-state index contributed by atoms with van der Waals surface area (Å²) in [5, 5.41) is 0. The lowest BCUT2D eigenvalue weighted by atomic mass is 10.2. The molecule has 0 atom stereocenters. The van der Waals surface area contributed by atoms with Gasteiger partial charge in [-0.05, 0) is 5.92 Å². The summed E-state index contributed by atoms with van der Waals surface area (Å²) in [7, 11) is 0. The van der Waals surface area contributed by atoms with Crippen molar-refractivity contribution in [1.82, 2.24) is 4.90 Å². The van der Waals surface area contributed by atoms with Crippen LogP contribution in [0.25, 0.3) is 0 Å². The molecule has 0 N–H and O–H groups in total. The molecule has 1 nitrogen and oxygen atoms in total. The summed E-state index contributed by atoms with van der Waals surface area (Å²) in [4.78, 5) is 2.53. The fourth-order valence-electron chi connectivity index (χ4n) is 1.21. The third-order valence-electron chi connectivity index (χ3n) is 1.64. The first-order valence-corrected chi connectivity index (χ1v) is 5.03. The highest BCUT2D eigenvalue weighted by Crippen LogP contribution is 2.10. The largest absolute Gasteiger partial charge is 0.301 e. The van der Waals surface area contributed by atoms with E-state index in [-0.39, 0.29) is 0 Å². The molecular formula is C8H16NS. The molecule has 0 aromatic carbocycles. The van der Waals surface area contributed by atoms with Crippen LogP contribution < -0.4 is 0 Å². The van der Waals surface area contributed by atoms with E-state index in [4.69, 9.17) is 0 Å². The second-order valence-electron chi connectivity index (χ2n) is 3.10. The first-order chi connectivity index (χ1) is 4.79. The molecule has 0 saturated carbocycles. The molecule has 0 amide bonds. The molecule has 59 valence electrons. The SMILES string of the molecule is C[C](C)CN1CCSCC1. The van der Waals surface area contributed by atoms with Gasteiger partial charge in [0.25, 0.3) is 0 Å². The molecule has 0 aliphatic carbocycles. The van der Waals surface area contributed by atoms with Crippen LogP contribution in [0.1, 0.15) is 13.8 Å². The maximum atomic E-state index is 2.53. The maximum absolute atomic E-state index is 2.53. The van der Waals surface area contributed by atoms with Gasteiger partial charge < -0.3 is 4.90 Å². The molecule has 10 heavy (non-hydrogen) atoms. The van der Waals surface area contributed by atoms with Crippen LogP contribution in [0.2, 0.25) is 0 Å². The van der Waals surface area contributed by atoms with Gasteiger partial charge in [0.05, 0.1) is 0 Å². The quantitative estimate of drug-likeness (QED) is 0.601. The average Bonchev–Trinajstić information content (AvgIpc) is 1.88. The summed E-state index contributed by atoms with van der Waals surface area (Å²) in [6, 6.07) is 0. The van der Waals surface area contributed by atoms with Gasteiger partial charge in [-0.2, -0.15) is 11.8 Å². The molecule has 0 aromatic rings. The van der Waals surface area contributed by atoms with Crippen LogP contribution in [-0.2, 0) is 0 Å². The number of rotatable bonds is 2. The summed E-state index contributed by atoms with van der Waals surface area (Å²) < 4.78 is 0. The van der Waals surface area contributed by atoms with Gasteiger partial charge in [-0.15, -0.1) is 0 Å². The lowest BCUT2D eigenvalue weighted by Crippen LogP contribution is -2.34. The Hall–Kier alpha value is 0.310. The number of nitrogens with zero attached hydrogens (tertiary/aromatic N) is 1. The van der Waals surface area contributed by atoms with Crippen LogP contribution in [0.15, 0.2) is 0 Å². The van der Waals surface area contributed by atoms with Gasteiger partial charge in [-0.1, -0.05) is 13.8 Å². The zero-order valence-electron chi connectivity index (χ0n) is 6.89. The molecule has 2 heteroatoms. The van der Waals surface area contributed by atoms with E-state index in [1.54, 1.807) is 0 Å². The fraction of sp³-hybridized carbons (Fsp3) is 0.875. The van der Waals surface area contributed by atoms with Crippen LogP contribution in [-0.4, -0.2) is 36.0 Å². The van der Waals surface area contributed by atoms with Crippen LogP contribution in [0.4, 0.5) is 0 Å². The standard InChI is InChI=1S/C8H16NS/c1-8(2)7-9-3-5-10-6-4-9/h3-7H2,1-2H3. The van der Waals surface area contributed by atoms with Crippen molar-refractivity contribution < 1.29 is 0 Å². The van der Waals surface area contributed by atoms with Crippen molar-refractivity contribution in [3.8, 4) is 0 Å². The summed E-state index contributed by atoms with van der Waals surface area (Å²) in [6.07, 6.45) is 0. The van der Waals surface area contributed by atoms with E-state index >= 15 is 0 Å². The van der Waals surface area contributed by atoms with Gasteiger partial charge in [0.1, 0.15) is 0 Å². The molecule has 0 unspecified atom stereocenters. The molecule has 1 heterocycles. The van der Waals surface area contributed by atoms with Crippen LogP contribution >= 0.6 is 11.8 Å². The minimum absolute atomic E-state index is 1.21. The Kier molecular flexibility index (Phi) is 3.57. The molecule has 1 rings (SSSR count). The second-order valence-corrected chi connectivity index (χ2v) is 4.32. The van der Waals surface area contributed by atoms with Crippen molar-refractivity contribution in [3.63, 3.8) is 0 Å². The Bertz CT molecular complexity index is 87.3. The number of hydrogen-bond acceptors (Lipinski definition) is 2. The van der Waals surface area contributed by atoms with Gasteiger partial charge >= 0.3 is 0 Å². The van der Waals surface area contributed by atoms with Gasteiger partial charge in [0, 0.05) is 31.1 Å². The average molecular weight is 158 g/mol. The van der Waals surface area contributed by atoms with E-state index in [1.165, 1.54) is 37.1 Å². The molecule has 0 spiro atoms. The first-order valence-electron chi connectivity index (χ1n) is 3.88. The van der Waals surface area contributed by atoms with Crippen molar-refractivity contribution in [2.24, 2.45) is 0 Å². The minimum atomic E-state index is 1.21. The molecule has 0 aromatic heterocycles. The highest BCUT2D eigenvalue weighted by Gasteiger charge is 2.10. The Morgan fingerprint density at radius 2 is 1.90 bits per heavy atom. The van der Waals surface area contributed by atoms with Crippen LogP contribution in [0.5, 0.6) is 0 Å². The van der Waals surface area contributed by atoms with Crippen LogP contribution in [0.3, 0.4) is 0 Å². The van der Waals surface area contributed by atoms with Crippen molar-refractivity contribution in [2.45, 2.75) is 13.8 Å². The third kappa shape index (κ3) is 2.93. The lowest BCUT2D eigenvalue weighted by Gasteiger charge is -2.27. The zero-order valence-corrected chi connectivity index (χ0v) is 7.71. The smallest absolute Gasteiger partial charge is 0.00729 e. The van der Waals surface area contributed by atoms with E-state index in [1.807, 2.05) is 0 Å². The predicted octanol–water partition coefficient (Wildman–Crippen LogP) is 1.65. The molecule has 0 bridgehead atoms. The molecular weight excluding hydrogens is 142 g/mol. The Morgan fingerprint density at radius 1 is 1.30 bits per heavy atom. The summed E-state index contributed by atoms with van der Waals surface area (Å²) in [6.45, 7) is 8.20. The van der Waals surface area contributed by atoms with Crippen molar-refractivity contribution in [1.29, 1.82) is 0 Å². The Balaban J connectivity index is 2.13. The fourth-order valence-corrected chi connectivity index (χ4v) is 2.19. The lowest BCUT2D eigenvalue weighted by molar-refractivity contribution is 0.314. The van der Waals surface area contributed by atoms with E-state index in [2.05, 4.69) is 30.5 Å². The first kappa shape index (κ1) is 8.41. The maximum Gasteiger partial charge on any atom is 0.00729 e. The monoisotopic (exact) mass is 158 g/mol. The number of hydrogen-bond donors (Lipinski definition) is 0. The summed E-state index contributed by atoms with van der Waals surface area (Å²) in [5.74, 6) is 4.19. The molecule has 1 aliphatic heterocycles. The van der Waals surface area contributed by atoms with E-state index in [0.717, 1.165) is 0 Å². The summed E-state index contributed by atoms with van der Waals surface area (Å²) in [5.41, 5.74) is 0. The number of thioether (sulfide) groups is 1. The van der Waals surface area contributed by atoms with E-state index in [0.29, 0.717) is 0 Å². The van der Waals surface area contributed by atoms with Crippen LogP contribution in [0, 0.1) is 5.92 Å². The highest BCUT2D eigenvalue weighted by molar-refractivity contribution is 7.99. The van der Waals surface area contributed by atoms with E-state index < -0.39 is 0 Å². The summed E-state index contributed by atoms with van der Waals surface area (Å²) >= 11 is 2.07.